The number of methoxy groups -OCH3 is 2. The van der Waals surface area contributed by atoms with E-state index >= 15 is 0 Å². The molecule has 0 saturated heterocycles. The molecule has 2 rings (SSSR count). The topological polar surface area (TPSA) is 47.6 Å². The Morgan fingerprint density at radius 3 is 2.30 bits per heavy atom. The monoisotopic (exact) mass is 351 g/mol. The minimum atomic E-state index is -0.331. The van der Waals surface area contributed by atoms with Crippen molar-refractivity contribution >= 4 is 40.9 Å². The molecular weight excluding hydrogens is 337 g/mol. The minimum Gasteiger partial charge on any atom is -0.496 e. The zero-order chi connectivity index (χ0) is 16.8. The summed E-state index contributed by atoms with van der Waals surface area (Å²) in [7, 11) is 3.11. The highest BCUT2D eigenvalue weighted by Gasteiger charge is 2.08. The second-order valence-corrected chi connectivity index (χ2v) is 5.37. The van der Waals surface area contributed by atoms with E-state index in [0.29, 0.717) is 32.8 Å². The molecule has 0 aliphatic carbocycles. The number of carbonyl (C=O) groups is 1. The third kappa shape index (κ3) is 4.41. The molecule has 2 aromatic carbocycles. The molecule has 0 aliphatic heterocycles. The normalized spacial score (nSPS) is 10.6. The molecule has 0 bridgehead atoms. The lowest BCUT2D eigenvalue weighted by Crippen LogP contribution is -2.08. The first-order chi connectivity index (χ1) is 11.0. The Hall–Kier alpha value is -2.17. The Kier molecular flexibility index (Phi) is 5.90. The van der Waals surface area contributed by atoms with E-state index in [4.69, 9.17) is 32.7 Å². The summed E-state index contributed by atoms with van der Waals surface area (Å²) in [5.74, 6) is 0.887. The van der Waals surface area contributed by atoms with Gasteiger partial charge in [-0.1, -0.05) is 29.3 Å². The standard InChI is InChI=1S/C17H15Cl2NO3/c1-22-15-4-3-5-16(23-2)12(15)7-9-17(21)20-14-8-6-11(18)10-13(14)19/h3-10H,1-2H3,(H,20,21). The lowest BCUT2D eigenvalue weighted by molar-refractivity contribution is -0.111. The van der Waals surface area contributed by atoms with Gasteiger partial charge >= 0.3 is 0 Å². The van der Waals surface area contributed by atoms with Gasteiger partial charge in [-0.2, -0.15) is 0 Å². The number of benzene rings is 2. The van der Waals surface area contributed by atoms with Crippen LogP contribution in [0.1, 0.15) is 5.56 Å². The molecule has 0 unspecified atom stereocenters. The average Bonchev–Trinajstić information content (AvgIpc) is 2.55. The molecular formula is C17H15Cl2NO3. The summed E-state index contributed by atoms with van der Waals surface area (Å²) in [5.41, 5.74) is 1.16. The summed E-state index contributed by atoms with van der Waals surface area (Å²) in [6, 6.07) is 10.2. The van der Waals surface area contributed by atoms with Crippen molar-refractivity contribution in [2.75, 3.05) is 19.5 Å². The summed E-state index contributed by atoms with van der Waals surface area (Å²) in [5, 5.41) is 3.56. The highest BCUT2D eigenvalue weighted by Crippen LogP contribution is 2.29. The van der Waals surface area contributed by atoms with Crippen molar-refractivity contribution in [1.82, 2.24) is 0 Å². The first-order valence-electron chi connectivity index (χ1n) is 6.70. The van der Waals surface area contributed by atoms with Crippen molar-refractivity contribution in [1.29, 1.82) is 0 Å². The zero-order valence-corrected chi connectivity index (χ0v) is 14.1. The Bertz CT molecular complexity index is 722. The maximum atomic E-state index is 12.1. The van der Waals surface area contributed by atoms with E-state index in [0.717, 1.165) is 0 Å². The molecule has 0 heterocycles. The number of amides is 1. The van der Waals surface area contributed by atoms with Gasteiger partial charge in [0.05, 0.1) is 30.5 Å². The Morgan fingerprint density at radius 1 is 1.09 bits per heavy atom. The van der Waals surface area contributed by atoms with E-state index in [1.54, 1.807) is 50.6 Å². The lowest BCUT2D eigenvalue weighted by Gasteiger charge is -2.09. The van der Waals surface area contributed by atoms with Crippen LogP contribution in [-0.2, 0) is 4.79 Å². The molecule has 0 spiro atoms. The zero-order valence-electron chi connectivity index (χ0n) is 12.6. The number of halogens is 2. The number of hydrogen-bond acceptors (Lipinski definition) is 3. The van der Waals surface area contributed by atoms with Gasteiger partial charge < -0.3 is 14.8 Å². The van der Waals surface area contributed by atoms with Crippen LogP contribution < -0.4 is 14.8 Å². The van der Waals surface area contributed by atoms with Gasteiger partial charge in [0, 0.05) is 11.1 Å². The van der Waals surface area contributed by atoms with Gasteiger partial charge in [-0.15, -0.1) is 0 Å². The lowest BCUT2D eigenvalue weighted by atomic mass is 10.1. The van der Waals surface area contributed by atoms with Gasteiger partial charge in [0.1, 0.15) is 11.5 Å². The molecule has 0 fully saturated rings. The van der Waals surface area contributed by atoms with E-state index in [1.807, 2.05) is 6.07 Å². The Balaban J connectivity index is 2.18. The Labute approximate surface area is 144 Å². The number of nitrogens with one attached hydrogen (secondary N) is 1. The molecule has 0 aromatic heterocycles. The minimum absolute atomic E-state index is 0.331. The molecule has 0 aliphatic rings. The van der Waals surface area contributed by atoms with Gasteiger partial charge in [-0.25, -0.2) is 0 Å². The highest BCUT2D eigenvalue weighted by atomic mass is 35.5. The molecule has 0 radical (unpaired) electrons. The molecule has 6 heteroatoms. The van der Waals surface area contributed by atoms with Crippen LogP contribution in [0, 0.1) is 0 Å². The van der Waals surface area contributed by atoms with Gasteiger partial charge in [-0.3, -0.25) is 4.79 Å². The van der Waals surface area contributed by atoms with E-state index in [2.05, 4.69) is 5.32 Å². The van der Waals surface area contributed by atoms with Gasteiger partial charge in [0.25, 0.3) is 0 Å². The van der Waals surface area contributed by atoms with Crippen LogP contribution in [0.15, 0.2) is 42.5 Å². The van der Waals surface area contributed by atoms with Crippen LogP contribution in [-0.4, -0.2) is 20.1 Å². The number of rotatable bonds is 5. The molecule has 0 atom stereocenters. The summed E-state index contributed by atoms with van der Waals surface area (Å²) in [6.07, 6.45) is 3.00. The molecule has 0 saturated carbocycles. The average molecular weight is 352 g/mol. The van der Waals surface area contributed by atoms with Crippen molar-refractivity contribution in [3.05, 3.63) is 58.1 Å². The molecule has 1 N–H and O–H groups in total. The SMILES string of the molecule is COc1cccc(OC)c1C=CC(=O)Nc1ccc(Cl)cc1Cl. The maximum Gasteiger partial charge on any atom is 0.248 e. The van der Waals surface area contributed by atoms with Crippen LogP contribution in [0.3, 0.4) is 0 Å². The summed E-state index contributed by atoms with van der Waals surface area (Å²) in [4.78, 5) is 12.1. The second-order valence-electron chi connectivity index (χ2n) is 4.52. The largest absolute Gasteiger partial charge is 0.496 e. The molecule has 120 valence electrons. The highest BCUT2D eigenvalue weighted by molar-refractivity contribution is 6.36. The third-order valence-electron chi connectivity index (χ3n) is 3.06. The van der Waals surface area contributed by atoms with E-state index in [1.165, 1.54) is 6.08 Å². The van der Waals surface area contributed by atoms with Gasteiger partial charge in [-0.05, 0) is 36.4 Å². The molecule has 23 heavy (non-hydrogen) atoms. The van der Waals surface area contributed by atoms with E-state index in [9.17, 15) is 4.79 Å². The van der Waals surface area contributed by atoms with Crippen LogP contribution >= 0.6 is 23.2 Å². The second kappa shape index (κ2) is 7.90. The molecule has 1 amide bonds. The fourth-order valence-corrected chi connectivity index (χ4v) is 2.42. The molecule has 4 nitrogen and oxygen atoms in total. The number of carbonyl (C=O) groups excluding carboxylic acids is 1. The van der Waals surface area contributed by atoms with Crippen LogP contribution in [0.5, 0.6) is 11.5 Å². The van der Waals surface area contributed by atoms with Crippen LogP contribution in [0.4, 0.5) is 5.69 Å². The number of hydrogen-bond donors (Lipinski definition) is 1. The van der Waals surface area contributed by atoms with Crippen molar-refractivity contribution in [2.45, 2.75) is 0 Å². The third-order valence-corrected chi connectivity index (χ3v) is 3.60. The van der Waals surface area contributed by atoms with Crippen LogP contribution in [0.25, 0.3) is 6.08 Å². The van der Waals surface area contributed by atoms with Gasteiger partial charge in [0.2, 0.25) is 5.91 Å². The first-order valence-corrected chi connectivity index (χ1v) is 7.46. The Morgan fingerprint density at radius 2 is 1.74 bits per heavy atom. The van der Waals surface area contributed by atoms with Crippen LogP contribution in [0.2, 0.25) is 10.0 Å². The number of ether oxygens (including phenoxy) is 2. The maximum absolute atomic E-state index is 12.1. The summed E-state index contributed by atoms with van der Waals surface area (Å²) in [6.45, 7) is 0. The number of anilines is 1. The first kappa shape index (κ1) is 17.2. The molecule has 2 aromatic rings. The van der Waals surface area contributed by atoms with Crippen molar-refractivity contribution in [3.63, 3.8) is 0 Å². The van der Waals surface area contributed by atoms with Gasteiger partial charge in [0.15, 0.2) is 0 Å². The summed E-state index contributed by atoms with van der Waals surface area (Å²) < 4.78 is 10.5. The van der Waals surface area contributed by atoms with Crippen molar-refractivity contribution in [2.24, 2.45) is 0 Å². The van der Waals surface area contributed by atoms with Crippen molar-refractivity contribution in [3.8, 4) is 11.5 Å². The fourth-order valence-electron chi connectivity index (χ4n) is 1.97. The van der Waals surface area contributed by atoms with Crippen molar-refractivity contribution < 1.29 is 14.3 Å². The predicted octanol–water partition coefficient (Wildman–Crippen LogP) is 4.66. The van der Waals surface area contributed by atoms with E-state index < -0.39 is 0 Å². The summed E-state index contributed by atoms with van der Waals surface area (Å²) >= 11 is 11.8. The smallest absolute Gasteiger partial charge is 0.248 e. The predicted molar refractivity (Wildman–Crippen MR) is 93.7 cm³/mol. The fraction of sp³-hybridized carbons (Fsp3) is 0.118. The quantitative estimate of drug-likeness (QED) is 0.796. The van der Waals surface area contributed by atoms with E-state index in [-0.39, 0.29) is 5.91 Å².